The molecule has 6 heteroatoms. The van der Waals surface area contributed by atoms with E-state index in [1.807, 2.05) is 7.05 Å². The maximum atomic E-state index is 4.31. The third kappa shape index (κ3) is 7.85. The molecular formula is C17H34IN5. The molecule has 0 unspecified atom stereocenters. The second-order valence-electron chi connectivity index (χ2n) is 6.27. The van der Waals surface area contributed by atoms with Gasteiger partial charge in [-0.2, -0.15) is 0 Å². The zero-order valence-corrected chi connectivity index (χ0v) is 17.1. The van der Waals surface area contributed by atoms with Crippen LogP contribution in [0.4, 0.5) is 0 Å². The Kier molecular flexibility index (Phi) is 10.9. The van der Waals surface area contributed by atoms with E-state index in [2.05, 4.69) is 44.5 Å². The Hall–Kier alpha value is -0.340. The van der Waals surface area contributed by atoms with Crippen LogP contribution < -0.4 is 10.6 Å². The molecular weight excluding hydrogens is 401 g/mol. The number of unbranched alkanes of at least 4 members (excludes halogenated alkanes) is 1. The molecule has 1 aliphatic carbocycles. The van der Waals surface area contributed by atoms with Gasteiger partial charge in [0, 0.05) is 45.8 Å². The van der Waals surface area contributed by atoms with Crippen LogP contribution in [0.25, 0.3) is 0 Å². The minimum atomic E-state index is 0. The fourth-order valence-corrected chi connectivity index (χ4v) is 3.12. The van der Waals surface area contributed by atoms with E-state index in [1.165, 1.54) is 52.1 Å². The van der Waals surface area contributed by atoms with Crippen molar-refractivity contribution in [1.82, 2.24) is 20.4 Å². The van der Waals surface area contributed by atoms with Crippen LogP contribution in [0.3, 0.4) is 0 Å². The fourth-order valence-electron chi connectivity index (χ4n) is 3.12. The number of piperazine rings is 1. The highest BCUT2D eigenvalue weighted by molar-refractivity contribution is 14.0. The lowest BCUT2D eigenvalue weighted by Crippen LogP contribution is -2.46. The Morgan fingerprint density at radius 2 is 1.74 bits per heavy atom. The van der Waals surface area contributed by atoms with Crippen molar-refractivity contribution in [3.8, 4) is 0 Å². The van der Waals surface area contributed by atoms with Crippen LogP contribution in [0.2, 0.25) is 0 Å². The molecule has 0 spiro atoms. The molecule has 0 amide bonds. The number of guanidine groups is 1. The number of halogens is 1. The Bertz CT molecular complexity index is 356. The molecule has 1 aliphatic heterocycles. The summed E-state index contributed by atoms with van der Waals surface area (Å²) in [6.45, 7) is 10.6. The molecule has 1 saturated heterocycles. The number of hydrogen-bond donors (Lipinski definition) is 2. The molecule has 0 radical (unpaired) electrons. The third-order valence-corrected chi connectivity index (χ3v) is 4.68. The minimum Gasteiger partial charge on any atom is -0.356 e. The highest BCUT2D eigenvalue weighted by atomic mass is 127. The Morgan fingerprint density at radius 3 is 2.35 bits per heavy atom. The third-order valence-electron chi connectivity index (χ3n) is 4.68. The van der Waals surface area contributed by atoms with E-state index in [-0.39, 0.29) is 24.0 Å². The van der Waals surface area contributed by atoms with Crippen LogP contribution in [0.15, 0.2) is 17.1 Å². The highest BCUT2D eigenvalue weighted by Gasteiger charge is 2.14. The first kappa shape index (κ1) is 20.7. The molecule has 134 valence electrons. The van der Waals surface area contributed by atoms with Gasteiger partial charge in [-0.15, -0.1) is 24.0 Å². The number of aliphatic imine (C=N–C) groups is 1. The molecule has 0 bridgehead atoms. The Morgan fingerprint density at radius 1 is 1.09 bits per heavy atom. The highest BCUT2D eigenvalue weighted by Crippen LogP contribution is 2.08. The standard InChI is InChI=1S/C17H33N5.HI/c1-3-21-12-14-22(15-13-21)11-7-6-10-19-17(18-2)20-16-8-4-5-9-16;/h4-5,16H,3,6-15H2,1-2H3,(H2,18,19,20);1H. The van der Waals surface area contributed by atoms with E-state index < -0.39 is 0 Å². The van der Waals surface area contributed by atoms with Gasteiger partial charge in [-0.05, 0) is 38.8 Å². The van der Waals surface area contributed by atoms with Crippen molar-refractivity contribution < 1.29 is 0 Å². The molecule has 0 atom stereocenters. The van der Waals surface area contributed by atoms with Gasteiger partial charge in [-0.25, -0.2) is 0 Å². The lowest BCUT2D eigenvalue weighted by molar-refractivity contribution is 0.136. The van der Waals surface area contributed by atoms with E-state index in [1.54, 1.807) is 0 Å². The van der Waals surface area contributed by atoms with Crippen molar-refractivity contribution in [2.75, 3.05) is 52.9 Å². The largest absolute Gasteiger partial charge is 0.356 e. The van der Waals surface area contributed by atoms with E-state index >= 15 is 0 Å². The topological polar surface area (TPSA) is 42.9 Å². The van der Waals surface area contributed by atoms with Crippen LogP contribution in [0.1, 0.15) is 32.6 Å². The molecule has 1 heterocycles. The summed E-state index contributed by atoms with van der Waals surface area (Å²) < 4.78 is 0. The quantitative estimate of drug-likeness (QED) is 0.211. The average Bonchev–Trinajstić information content (AvgIpc) is 3.07. The van der Waals surface area contributed by atoms with Crippen LogP contribution in [0.5, 0.6) is 0 Å². The molecule has 1 fully saturated rings. The van der Waals surface area contributed by atoms with Gasteiger partial charge >= 0.3 is 0 Å². The molecule has 2 N–H and O–H groups in total. The summed E-state index contributed by atoms with van der Waals surface area (Å²) in [6.07, 6.45) is 9.18. The second-order valence-corrected chi connectivity index (χ2v) is 6.27. The number of likely N-dealkylation sites (N-methyl/N-ethyl adjacent to an activating group) is 1. The first-order valence-corrected chi connectivity index (χ1v) is 8.88. The normalized spacial score (nSPS) is 20.5. The van der Waals surface area contributed by atoms with Crippen molar-refractivity contribution in [3.05, 3.63) is 12.2 Å². The van der Waals surface area contributed by atoms with Gasteiger partial charge < -0.3 is 20.4 Å². The maximum Gasteiger partial charge on any atom is 0.191 e. The summed E-state index contributed by atoms with van der Waals surface area (Å²) in [7, 11) is 1.85. The van der Waals surface area contributed by atoms with Crippen LogP contribution in [-0.2, 0) is 0 Å². The monoisotopic (exact) mass is 435 g/mol. The fraction of sp³-hybridized carbons (Fsp3) is 0.824. The summed E-state index contributed by atoms with van der Waals surface area (Å²) in [5.74, 6) is 0.949. The Balaban J connectivity index is 0.00000264. The van der Waals surface area contributed by atoms with Crippen molar-refractivity contribution in [1.29, 1.82) is 0 Å². The number of rotatable bonds is 7. The predicted octanol–water partition coefficient (Wildman–Crippen LogP) is 1.91. The van der Waals surface area contributed by atoms with Crippen LogP contribution >= 0.6 is 24.0 Å². The van der Waals surface area contributed by atoms with Gasteiger partial charge in [0.05, 0.1) is 0 Å². The molecule has 2 aliphatic rings. The van der Waals surface area contributed by atoms with Gasteiger partial charge in [0.1, 0.15) is 0 Å². The van der Waals surface area contributed by atoms with E-state index in [0.717, 1.165) is 25.3 Å². The predicted molar refractivity (Wildman–Crippen MR) is 110 cm³/mol. The second kappa shape index (κ2) is 12.1. The summed E-state index contributed by atoms with van der Waals surface area (Å²) >= 11 is 0. The minimum absolute atomic E-state index is 0. The summed E-state index contributed by atoms with van der Waals surface area (Å²) in [4.78, 5) is 9.44. The lowest BCUT2D eigenvalue weighted by atomic mass is 10.2. The van der Waals surface area contributed by atoms with Gasteiger partial charge in [0.25, 0.3) is 0 Å². The summed E-state index contributed by atoms with van der Waals surface area (Å²) in [5.41, 5.74) is 0. The van der Waals surface area contributed by atoms with Gasteiger partial charge in [-0.3, -0.25) is 4.99 Å². The number of hydrogen-bond acceptors (Lipinski definition) is 3. The Labute approximate surface area is 159 Å². The molecule has 0 aromatic rings. The zero-order chi connectivity index (χ0) is 15.6. The van der Waals surface area contributed by atoms with Crippen LogP contribution in [-0.4, -0.2) is 74.7 Å². The van der Waals surface area contributed by atoms with Gasteiger partial charge in [-0.1, -0.05) is 19.1 Å². The average molecular weight is 435 g/mol. The number of nitrogens with zero attached hydrogens (tertiary/aromatic N) is 3. The van der Waals surface area contributed by atoms with Crippen LogP contribution in [0, 0.1) is 0 Å². The molecule has 5 nitrogen and oxygen atoms in total. The SMILES string of the molecule is CCN1CCN(CCCCNC(=NC)NC2CC=CC2)CC1.I. The maximum absolute atomic E-state index is 4.31. The van der Waals surface area contributed by atoms with Crippen molar-refractivity contribution in [2.24, 2.45) is 4.99 Å². The first-order chi connectivity index (χ1) is 10.8. The van der Waals surface area contributed by atoms with Crippen molar-refractivity contribution >= 4 is 29.9 Å². The van der Waals surface area contributed by atoms with Crippen molar-refractivity contribution in [3.63, 3.8) is 0 Å². The first-order valence-electron chi connectivity index (χ1n) is 8.88. The summed E-state index contributed by atoms with van der Waals surface area (Å²) in [6, 6.07) is 0.529. The molecule has 2 rings (SSSR count). The van der Waals surface area contributed by atoms with Crippen molar-refractivity contribution in [2.45, 2.75) is 38.6 Å². The zero-order valence-electron chi connectivity index (χ0n) is 14.8. The van der Waals surface area contributed by atoms with E-state index in [9.17, 15) is 0 Å². The lowest BCUT2D eigenvalue weighted by Gasteiger charge is -2.34. The van der Waals surface area contributed by atoms with E-state index in [0.29, 0.717) is 6.04 Å². The molecule has 0 aromatic heterocycles. The molecule has 0 aromatic carbocycles. The molecule has 0 saturated carbocycles. The van der Waals surface area contributed by atoms with Gasteiger partial charge in [0.15, 0.2) is 5.96 Å². The summed E-state index contributed by atoms with van der Waals surface area (Å²) in [5, 5.41) is 6.91. The molecule has 23 heavy (non-hydrogen) atoms. The number of nitrogens with one attached hydrogen (secondary N) is 2. The van der Waals surface area contributed by atoms with E-state index in [4.69, 9.17) is 0 Å². The smallest absolute Gasteiger partial charge is 0.191 e. The van der Waals surface area contributed by atoms with Gasteiger partial charge in [0.2, 0.25) is 0 Å².